The van der Waals surface area contributed by atoms with E-state index in [0.29, 0.717) is 0 Å². The molecule has 2 aromatic rings. The predicted octanol–water partition coefficient (Wildman–Crippen LogP) is 5.18. The van der Waals surface area contributed by atoms with Crippen molar-refractivity contribution in [1.29, 1.82) is 0 Å². The van der Waals surface area contributed by atoms with Gasteiger partial charge in [0.25, 0.3) is 0 Å². The highest BCUT2D eigenvalue weighted by Gasteiger charge is 2.35. The minimum atomic E-state index is -0.132. The highest BCUT2D eigenvalue weighted by molar-refractivity contribution is 7.17. The van der Waals surface area contributed by atoms with Crippen molar-refractivity contribution in [3.8, 4) is 0 Å². The molecule has 2 aliphatic rings. The normalized spacial score (nSPS) is 24.7. The van der Waals surface area contributed by atoms with Gasteiger partial charge in [-0.25, -0.2) is 4.39 Å². The van der Waals surface area contributed by atoms with Crippen molar-refractivity contribution < 1.29 is 4.39 Å². The number of allylic oxidation sites excluding steroid dienone is 1. The molecule has 0 N–H and O–H groups in total. The Kier molecular flexibility index (Phi) is 3.58. The third-order valence-electron chi connectivity index (χ3n) is 5.20. The Labute approximate surface area is 135 Å². The second-order valence-corrected chi connectivity index (χ2v) is 8.04. The van der Waals surface area contributed by atoms with E-state index in [1.165, 1.54) is 36.6 Å². The smallest absolute Gasteiger partial charge is 0.124 e. The maximum absolute atomic E-state index is 13.5. The lowest BCUT2D eigenvalue weighted by atomic mass is 9.79. The zero-order valence-corrected chi connectivity index (χ0v) is 14.0. The van der Waals surface area contributed by atoms with Gasteiger partial charge in [0, 0.05) is 16.6 Å². The summed E-state index contributed by atoms with van der Waals surface area (Å²) in [6.45, 7) is 1.06. The molecule has 0 saturated heterocycles. The molecule has 1 aromatic heterocycles. The zero-order valence-electron chi connectivity index (χ0n) is 13.2. The van der Waals surface area contributed by atoms with Crippen LogP contribution in [0.5, 0.6) is 0 Å². The Balaban J connectivity index is 1.86. The van der Waals surface area contributed by atoms with Gasteiger partial charge >= 0.3 is 0 Å². The number of halogens is 1. The van der Waals surface area contributed by atoms with Crippen molar-refractivity contribution in [1.82, 2.24) is 4.90 Å². The van der Waals surface area contributed by atoms with Crippen LogP contribution >= 0.6 is 11.3 Å². The van der Waals surface area contributed by atoms with Crippen LogP contribution in [-0.2, 0) is 0 Å². The van der Waals surface area contributed by atoms with Crippen LogP contribution < -0.4 is 0 Å². The number of thiophene rings is 1. The van der Waals surface area contributed by atoms with E-state index in [-0.39, 0.29) is 5.82 Å². The Bertz CT molecular complexity index is 743. The zero-order chi connectivity index (χ0) is 15.3. The van der Waals surface area contributed by atoms with Crippen LogP contribution in [0.2, 0.25) is 0 Å². The second-order valence-electron chi connectivity index (χ2n) is 7.12. The van der Waals surface area contributed by atoms with Gasteiger partial charge in [-0.3, -0.25) is 0 Å². The van der Waals surface area contributed by atoms with E-state index < -0.39 is 0 Å². The fraction of sp³-hybridized carbons (Fsp3) is 0.474. The van der Waals surface area contributed by atoms with Gasteiger partial charge in [-0.2, -0.15) is 0 Å². The molecular formula is C19H22FNS. The van der Waals surface area contributed by atoms with Gasteiger partial charge in [0.2, 0.25) is 0 Å². The molecule has 0 aliphatic heterocycles. The van der Waals surface area contributed by atoms with Gasteiger partial charge in [-0.05, 0) is 80.3 Å². The molecule has 4 rings (SSSR count). The SMILES string of the molecule is CN(C)CC1=C(c2csc3cc(F)ccc23)[C@@H]2CC[C@H](C1)C2. The van der Waals surface area contributed by atoms with Gasteiger partial charge in [-0.15, -0.1) is 11.3 Å². The average molecular weight is 315 g/mol. The standard InChI is InChI=1S/C19H22FNS/c1-21(2)10-14-8-12-3-4-13(7-12)19(14)17-11-22-18-9-15(20)5-6-16(17)18/h5-6,9,11-13H,3-4,7-8,10H2,1-2H3/t12-,13+/m0/s1. The molecule has 1 aromatic carbocycles. The Morgan fingerprint density at radius 2 is 2.14 bits per heavy atom. The van der Waals surface area contributed by atoms with E-state index in [1.54, 1.807) is 34.6 Å². The molecule has 1 nitrogen and oxygen atoms in total. The van der Waals surface area contributed by atoms with Gasteiger partial charge in [0.05, 0.1) is 0 Å². The van der Waals surface area contributed by atoms with Crippen LogP contribution in [-0.4, -0.2) is 25.5 Å². The van der Waals surface area contributed by atoms with E-state index in [4.69, 9.17) is 0 Å². The summed E-state index contributed by atoms with van der Waals surface area (Å²) in [5.74, 6) is 1.48. The predicted molar refractivity (Wildman–Crippen MR) is 92.7 cm³/mol. The molecule has 1 saturated carbocycles. The second kappa shape index (κ2) is 5.47. The number of hydrogen-bond acceptors (Lipinski definition) is 2. The third-order valence-corrected chi connectivity index (χ3v) is 6.15. The maximum Gasteiger partial charge on any atom is 0.124 e. The fourth-order valence-corrected chi connectivity index (χ4v) is 5.41. The first-order chi connectivity index (χ1) is 10.6. The fourth-order valence-electron chi connectivity index (χ4n) is 4.42. The first kappa shape index (κ1) is 14.4. The van der Waals surface area contributed by atoms with Crippen LogP contribution in [0.3, 0.4) is 0 Å². The number of hydrogen-bond donors (Lipinski definition) is 0. The van der Waals surface area contributed by atoms with E-state index in [9.17, 15) is 4.39 Å². The summed E-state index contributed by atoms with van der Waals surface area (Å²) >= 11 is 1.68. The van der Waals surface area contributed by atoms with Crippen LogP contribution in [0.4, 0.5) is 4.39 Å². The van der Waals surface area contributed by atoms with E-state index in [1.807, 2.05) is 6.07 Å². The Morgan fingerprint density at radius 3 is 2.95 bits per heavy atom. The third kappa shape index (κ3) is 2.40. The van der Waals surface area contributed by atoms with Gasteiger partial charge < -0.3 is 4.90 Å². The van der Waals surface area contributed by atoms with Crippen molar-refractivity contribution in [2.45, 2.75) is 25.7 Å². The monoisotopic (exact) mass is 315 g/mol. The van der Waals surface area contributed by atoms with Crippen LogP contribution in [0.25, 0.3) is 15.7 Å². The van der Waals surface area contributed by atoms with Crippen molar-refractivity contribution in [2.24, 2.45) is 11.8 Å². The first-order valence-corrected chi connectivity index (χ1v) is 9.03. The van der Waals surface area contributed by atoms with Crippen molar-refractivity contribution in [3.63, 3.8) is 0 Å². The van der Waals surface area contributed by atoms with Gasteiger partial charge in [-0.1, -0.05) is 11.6 Å². The Morgan fingerprint density at radius 1 is 1.27 bits per heavy atom. The summed E-state index contributed by atoms with van der Waals surface area (Å²) in [5.41, 5.74) is 4.58. The van der Waals surface area contributed by atoms with Crippen LogP contribution in [0.1, 0.15) is 31.2 Å². The largest absolute Gasteiger partial charge is 0.305 e. The molecule has 0 amide bonds. The minimum Gasteiger partial charge on any atom is -0.305 e. The molecule has 2 aliphatic carbocycles. The summed E-state index contributed by atoms with van der Waals surface area (Å²) in [4.78, 5) is 2.29. The molecule has 2 bridgehead atoms. The lowest BCUT2D eigenvalue weighted by molar-refractivity contribution is 0.413. The quantitative estimate of drug-likeness (QED) is 0.755. The average Bonchev–Trinajstić information content (AvgIpc) is 3.03. The molecule has 116 valence electrons. The molecule has 2 atom stereocenters. The molecular weight excluding hydrogens is 293 g/mol. The van der Waals surface area contributed by atoms with E-state index >= 15 is 0 Å². The van der Waals surface area contributed by atoms with Crippen LogP contribution in [0.15, 0.2) is 29.2 Å². The molecule has 0 spiro atoms. The lowest BCUT2D eigenvalue weighted by Crippen LogP contribution is -2.21. The highest BCUT2D eigenvalue weighted by atomic mass is 32.1. The minimum absolute atomic E-state index is 0.132. The topological polar surface area (TPSA) is 3.24 Å². The highest BCUT2D eigenvalue weighted by Crippen LogP contribution is 2.51. The molecule has 3 heteroatoms. The van der Waals surface area contributed by atoms with Crippen LogP contribution in [0, 0.1) is 17.7 Å². The first-order valence-electron chi connectivity index (χ1n) is 8.15. The number of nitrogens with zero attached hydrogens (tertiary/aromatic N) is 1. The summed E-state index contributed by atoms with van der Waals surface area (Å²) in [5, 5.41) is 3.50. The molecule has 0 unspecified atom stereocenters. The number of rotatable bonds is 3. The number of likely N-dealkylation sites (N-methyl/N-ethyl adjacent to an activating group) is 1. The number of benzene rings is 1. The van der Waals surface area contributed by atoms with Gasteiger partial charge in [0.1, 0.15) is 5.82 Å². The molecule has 1 heterocycles. The summed E-state index contributed by atoms with van der Waals surface area (Å²) in [6, 6.07) is 5.25. The maximum atomic E-state index is 13.5. The van der Waals surface area contributed by atoms with E-state index in [0.717, 1.165) is 23.1 Å². The molecule has 0 radical (unpaired) electrons. The lowest BCUT2D eigenvalue weighted by Gasteiger charge is -2.28. The molecule has 1 fully saturated rings. The van der Waals surface area contributed by atoms with E-state index in [2.05, 4.69) is 24.4 Å². The summed E-state index contributed by atoms with van der Waals surface area (Å²) in [7, 11) is 4.31. The number of fused-ring (bicyclic) bond motifs is 3. The summed E-state index contributed by atoms with van der Waals surface area (Å²) in [6.07, 6.45) is 5.31. The van der Waals surface area contributed by atoms with Gasteiger partial charge in [0.15, 0.2) is 0 Å². The van der Waals surface area contributed by atoms with Crippen molar-refractivity contribution >= 4 is 27.0 Å². The summed E-state index contributed by atoms with van der Waals surface area (Å²) < 4.78 is 14.6. The van der Waals surface area contributed by atoms with Crippen molar-refractivity contribution in [3.05, 3.63) is 40.5 Å². The molecule has 22 heavy (non-hydrogen) atoms. The van der Waals surface area contributed by atoms with Crippen molar-refractivity contribution in [2.75, 3.05) is 20.6 Å². The Hall–Kier alpha value is -1.19.